The third-order valence-electron chi connectivity index (χ3n) is 3.45. The molecule has 0 aliphatic heterocycles. The smallest absolute Gasteiger partial charge is 0.0992 e. The molecule has 20 heavy (non-hydrogen) atoms. The third kappa shape index (κ3) is 2.87. The molecule has 0 aromatic heterocycles. The first kappa shape index (κ1) is 14.2. The van der Waals surface area contributed by atoms with Crippen molar-refractivity contribution in [3.05, 3.63) is 58.6 Å². The number of nitriles is 1. The van der Waals surface area contributed by atoms with Crippen molar-refractivity contribution >= 4 is 23.0 Å². The summed E-state index contributed by atoms with van der Waals surface area (Å²) in [6, 6.07) is 15.3. The van der Waals surface area contributed by atoms with Gasteiger partial charge in [0.1, 0.15) is 0 Å². The fourth-order valence-corrected chi connectivity index (χ4v) is 2.34. The SMILES string of the molecule is CC(c1cccc(Cl)c1)N(C)c1ccc(C#N)cc1N. The highest BCUT2D eigenvalue weighted by Gasteiger charge is 2.15. The van der Waals surface area contributed by atoms with Gasteiger partial charge in [0, 0.05) is 12.1 Å². The van der Waals surface area contributed by atoms with Gasteiger partial charge in [-0.3, -0.25) is 0 Å². The van der Waals surface area contributed by atoms with Crippen LogP contribution in [0.3, 0.4) is 0 Å². The molecule has 0 heterocycles. The highest BCUT2D eigenvalue weighted by molar-refractivity contribution is 6.30. The van der Waals surface area contributed by atoms with E-state index in [2.05, 4.69) is 17.9 Å². The Morgan fingerprint density at radius 3 is 2.60 bits per heavy atom. The van der Waals surface area contributed by atoms with E-state index in [0.717, 1.165) is 16.3 Å². The first-order chi connectivity index (χ1) is 9.52. The van der Waals surface area contributed by atoms with Crippen LogP contribution >= 0.6 is 11.6 Å². The van der Waals surface area contributed by atoms with Crippen LogP contribution in [0.15, 0.2) is 42.5 Å². The zero-order valence-electron chi connectivity index (χ0n) is 11.5. The predicted octanol–water partition coefficient (Wildman–Crippen LogP) is 3.99. The molecule has 2 rings (SSSR count). The number of hydrogen-bond acceptors (Lipinski definition) is 3. The zero-order valence-corrected chi connectivity index (χ0v) is 12.2. The minimum atomic E-state index is 0.129. The number of halogens is 1. The average molecular weight is 286 g/mol. The topological polar surface area (TPSA) is 53.0 Å². The second-order valence-electron chi connectivity index (χ2n) is 4.73. The van der Waals surface area contributed by atoms with Gasteiger partial charge in [-0.2, -0.15) is 5.26 Å². The second kappa shape index (κ2) is 5.85. The van der Waals surface area contributed by atoms with Gasteiger partial charge in [-0.1, -0.05) is 23.7 Å². The number of nitrogens with zero attached hydrogens (tertiary/aromatic N) is 2. The highest BCUT2D eigenvalue weighted by atomic mass is 35.5. The van der Waals surface area contributed by atoms with Crippen LogP contribution in [0.2, 0.25) is 5.02 Å². The van der Waals surface area contributed by atoms with Gasteiger partial charge in [0.2, 0.25) is 0 Å². The van der Waals surface area contributed by atoms with Gasteiger partial charge in [0.05, 0.1) is 29.0 Å². The maximum Gasteiger partial charge on any atom is 0.0992 e. The standard InChI is InChI=1S/C16H16ClN3/c1-11(13-4-3-5-14(17)9-13)20(2)16-7-6-12(10-18)8-15(16)19/h3-9,11H,19H2,1-2H3. The van der Waals surface area contributed by atoms with Crippen molar-refractivity contribution in [2.75, 3.05) is 17.7 Å². The van der Waals surface area contributed by atoms with Gasteiger partial charge >= 0.3 is 0 Å². The Hall–Kier alpha value is -2.18. The molecule has 0 fully saturated rings. The minimum absolute atomic E-state index is 0.129. The monoisotopic (exact) mass is 285 g/mol. The van der Waals surface area contributed by atoms with Gasteiger partial charge in [-0.05, 0) is 42.8 Å². The van der Waals surface area contributed by atoms with Gasteiger partial charge in [0.25, 0.3) is 0 Å². The maximum absolute atomic E-state index is 8.88. The first-order valence-electron chi connectivity index (χ1n) is 6.31. The number of nitrogen functional groups attached to an aromatic ring is 1. The summed E-state index contributed by atoms with van der Waals surface area (Å²) in [5.74, 6) is 0. The summed E-state index contributed by atoms with van der Waals surface area (Å²) in [6.07, 6.45) is 0. The third-order valence-corrected chi connectivity index (χ3v) is 3.68. The van der Waals surface area contributed by atoms with Crippen molar-refractivity contribution in [1.29, 1.82) is 5.26 Å². The van der Waals surface area contributed by atoms with E-state index >= 15 is 0 Å². The van der Waals surface area contributed by atoms with E-state index in [1.165, 1.54) is 0 Å². The van der Waals surface area contributed by atoms with Crippen LogP contribution in [-0.4, -0.2) is 7.05 Å². The summed E-state index contributed by atoms with van der Waals surface area (Å²) in [5, 5.41) is 9.59. The Kier molecular flexibility index (Phi) is 4.16. The normalized spacial score (nSPS) is 11.7. The van der Waals surface area contributed by atoms with Crippen LogP contribution < -0.4 is 10.6 Å². The first-order valence-corrected chi connectivity index (χ1v) is 6.68. The van der Waals surface area contributed by atoms with Crippen LogP contribution in [-0.2, 0) is 0 Å². The van der Waals surface area contributed by atoms with Crippen molar-refractivity contribution in [3.63, 3.8) is 0 Å². The molecule has 0 saturated carbocycles. The Bertz CT molecular complexity index is 661. The number of hydrogen-bond donors (Lipinski definition) is 1. The quantitative estimate of drug-likeness (QED) is 0.868. The molecule has 1 atom stereocenters. The Balaban J connectivity index is 2.31. The van der Waals surface area contributed by atoms with Gasteiger partial charge < -0.3 is 10.6 Å². The molecule has 2 aromatic carbocycles. The Morgan fingerprint density at radius 2 is 2.00 bits per heavy atom. The summed E-state index contributed by atoms with van der Waals surface area (Å²) in [6.45, 7) is 2.09. The summed E-state index contributed by atoms with van der Waals surface area (Å²) >= 11 is 6.03. The molecule has 0 aliphatic carbocycles. The molecule has 2 aromatic rings. The molecule has 0 amide bonds. The van der Waals surface area contributed by atoms with Gasteiger partial charge in [-0.25, -0.2) is 0 Å². The van der Waals surface area contributed by atoms with E-state index in [-0.39, 0.29) is 6.04 Å². The molecule has 1 unspecified atom stereocenters. The Labute approximate surface area is 124 Å². The van der Waals surface area contributed by atoms with Crippen molar-refractivity contribution in [2.24, 2.45) is 0 Å². The lowest BCUT2D eigenvalue weighted by atomic mass is 10.1. The number of nitrogens with two attached hydrogens (primary N) is 1. The molecule has 0 bridgehead atoms. The van der Waals surface area contributed by atoms with E-state index in [4.69, 9.17) is 22.6 Å². The fraction of sp³-hybridized carbons (Fsp3) is 0.188. The molecule has 4 heteroatoms. The average Bonchev–Trinajstić information content (AvgIpc) is 2.45. The fourth-order valence-electron chi connectivity index (χ4n) is 2.14. The lowest BCUT2D eigenvalue weighted by Gasteiger charge is -2.28. The lowest BCUT2D eigenvalue weighted by Crippen LogP contribution is -2.22. The van der Waals surface area contributed by atoms with Crippen molar-refractivity contribution in [2.45, 2.75) is 13.0 Å². The molecule has 3 nitrogen and oxygen atoms in total. The number of benzene rings is 2. The van der Waals surface area contributed by atoms with Crippen molar-refractivity contribution < 1.29 is 0 Å². The second-order valence-corrected chi connectivity index (χ2v) is 5.16. The van der Waals surface area contributed by atoms with Crippen LogP contribution in [0.25, 0.3) is 0 Å². The van der Waals surface area contributed by atoms with Gasteiger partial charge in [0.15, 0.2) is 0 Å². The molecular formula is C16H16ClN3. The Morgan fingerprint density at radius 1 is 1.25 bits per heavy atom. The number of anilines is 2. The summed E-state index contributed by atoms with van der Waals surface area (Å²) in [5.41, 5.74) is 9.20. The summed E-state index contributed by atoms with van der Waals surface area (Å²) < 4.78 is 0. The molecule has 0 aliphatic rings. The lowest BCUT2D eigenvalue weighted by molar-refractivity contribution is 0.741. The van der Waals surface area contributed by atoms with Crippen LogP contribution in [0.1, 0.15) is 24.1 Å². The molecule has 2 N–H and O–H groups in total. The van der Waals surface area contributed by atoms with E-state index < -0.39 is 0 Å². The van der Waals surface area contributed by atoms with E-state index in [9.17, 15) is 0 Å². The zero-order chi connectivity index (χ0) is 14.7. The summed E-state index contributed by atoms with van der Waals surface area (Å²) in [4.78, 5) is 2.07. The van der Waals surface area contributed by atoms with Crippen molar-refractivity contribution in [1.82, 2.24) is 0 Å². The molecular weight excluding hydrogens is 270 g/mol. The molecule has 102 valence electrons. The minimum Gasteiger partial charge on any atom is -0.397 e. The van der Waals surface area contributed by atoms with Crippen molar-refractivity contribution in [3.8, 4) is 6.07 Å². The summed E-state index contributed by atoms with van der Waals surface area (Å²) in [7, 11) is 1.98. The van der Waals surface area contributed by atoms with Crippen LogP contribution in [0, 0.1) is 11.3 Å². The largest absolute Gasteiger partial charge is 0.397 e. The van der Waals surface area contributed by atoms with E-state index in [0.29, 0.717) is 11.3 Å². The van der Waals surface area contributed by atoms with E-state index in [1.807, 2.05) is 37.4 Å². The maximum atomic E-state index is 8.88. The number of rotatable bonds is 3. The van der Waals surface area contributed by atoms with E-state index in [1.54, 1.807) is 12.1 Å². The molecule has 0 saturated heterocycles. The molecule has 0 radical (unpaired) electrons. The van der Waals surface area contributed by atoms with Crippen LogP contribution in [0.4, 0.5) is 11.4 Å². The molecule has 0 spiro atoms. The predicted molar refractivity (Wildman–Crippen MR) is 83.8 cm³/mol. The highest BCUT2D eigenvalue weighted by Crippen LogP contribution is 2.31. The van der Waals surface area contributed by atoms with Gasteiger partial charge in [-0.15, -0.1) is 0 Å². The van der Waals surface area contributed by atoms with Crippen LogP contribution in [0.5, 0.6) is 0 Å².